The van der Waals surface area contributed by atoms with Crippen LogP contribution in [-0.2, 0) is 0 Å². The first kappa shape index (κ1) is 15.7. The van der Waals surface area contributed by atoms with E-state index in [1.54, 1.807) is 0 Å². The first-order chi connectivity index (χ1) is 9.13. The number of phenolic OH excluding ortho intramolecular Hbond substituents is 1. The van der Waals surface area contributed by atoms with Crippen molar-refractivity contribution in [3.63, 3.8) is 0 Å². The number of rotatable bonds is 4. The molecule has 0 saturated carbocycles. The first-order valence-corrected chi connectivity index (χ1v) is 8.48. The Morgan fingerprint density at radius 2 is 1.84 bits per heavy atom. The molecule has 19 heavy (non-hydrogen) atoms. The molecule has 0 aromatic heterocycles. The van der Waals surface area contributed by atoms with Gasteiger partial charge in [0.1, 0.15) is 5.75 Å². The predicted molar refractivity (Wildman–Crippen MR) is 91.3 cm³/mol. The van der Waals surface area contributed by atoms with Crippen LogP contribution in [0.4, 0.5) is 4.39 Å². The molecule has 0 bridgehead atoms. The maximum Gasteiger partial charge on any atom is 0.142 e. The van der Waals surface area contributed by atoms with Crippen molar-refractivity contribution >= 4 is 45.2 Å². The van der Waals surface area contributed by atoms with Gasteiger partial charge in [-0.2, -0.15) is 0 Å². The van der Waals surface area contributed by atoms with Crippen molar-refractivity contribution in [2.45, 2.75) is 12.5 Å². The Morgan fingerprint density at radius 3 is 2.37 bits per heavy atom. The Morgan fingerprint density at radius 1 is 1.26 bits per heavy atom. The van der Waals surface area contributed by atoms with Crippen molar-refractivity contribution in [3.8, 4) is 5.75 Å². The van der Waals surface area contributed by atoms with Gasteiger partial charge in [0, 0.05) is 32.2 Å². The van der Waals surface area contributed by atoms with Crippen LogP contribution in [0.2, 0.25) is 0 Å². The van der Waals surface area contributed by atoms with Crippen molar-refractivity contribution in [2.75, 3.05) is 32.9 Å². The summed E-state index contributed by atoms with van der Waals surface area (Å²) in [6.45, 7) is 3.48. The van der Waals surface area contributed by atoms with E-state index in [1.807, 2.05) is 12.1 Å². The van der Waals surface area contributed by atoms with E-state index in [2.05, 4.69) is 55.4 Å². The van der Waals surface area contributed by atoms with E-state index < -0.39 is 0 Å². The third kappa shape index (κ3) is 3.92. The second-order valence-electron chi connectivity index (χ2n) is 4.61. The van der Waals surface area contributed by atoms with Gasteiger partial charge in [0.05, 0.1) is 13.8 Å². The maximum atomic E-state index is 12.9. The SMILES string of the molecule is Oc1c(I)cc([C@H](CCF)N2CCNCC2)cc1I. The van der Waals surface area contributed by atoms with Crippen molar-refractivity contribution in [1.29, 1.82) is 0 Å². The van der Waals surface area contributed by atoms with Crippen LogP contribution in [0, 0.1) is 7.14 Å². The molecular formula is C13H17FI2N2O. The van der Waals surface area contributed by atoms with Crippen LogP contribution in [0.5, 0.6) is 5.75 Å². The molecule has 2 N–H and O–H groups in total. The number of benzene rings is 1. The van der Waals surface area contributed by atoms with Gasteiger partial charge in [-0.15, -0.1) is 0 Å². The monoisotopic (exact) mass is 490 g/mol. The first-order valence-electron chi connectivity index (χ1n) is 6.32. The molecule has 106 valence electrons. The van der Waals surface area contributed by atoms with Crippen LogP contribution in [0.1, 0.15) is 18.0 Å². The fourth-order valence-electron chi connectivity index (χ4n) is 2.43. The van der Waals surface area contributed by atoms with Gasteiger partial charge in [-0.05, 0) is 69.3 Å². The largest absolute Gasteiger partial charge is 0.506 e. The molecule has 0 unspecified atom stereocenters. The topological polar surface area (TPSA) is 35.5 Å². The number of halogens is 3. The fraction of sp³-hybridized carbons (Fsp3) is 0.538. The molecule has 1 saturated heterocycles. The van der Waals surface area contributed by atoms with E-state index in [0.717, 1.165) is 38.9 Å². The van der Waals surface area contributed by atoms with E-state index in [0.29, 0.717) is 12.2 Å². The minimum absolute atomic E-state index is 0.106. The smallest absolute Gasteiger partial charge is 0.142 e. The van der Waals surface area contributed by atoms with Gasteiger partial charge < -0.3 is 10.4 Å². The van der Waals surface area contributed by atoms with Gasteiger partial charge in [0.25, 0.3) is 0 Å². The Balaban J connectivity index is 2.27. The molecule has 6 heteroatoms. The van der Waals surface area contributed by atoms with Crippen molar-refractivity contribution in [3.05, 3.63) is 24.8 Å². The van der Waals surface area contributed by atoms with E-state index in [4.69, 9.17) is 0 Å². The molecule has 1 aromatic rings. The normalized spacial score (nSPS) is 18.5. The van der Waals surface area contributed by atoms with E-state index in [9.17, 15) is 9.50 Å². The summed E-state index contributed by atoms with van der Waals surface area (Å²) in [5, 5.41) is 13.2. The number of hydrogen-bond donors (Lipinski definition) is 2. The van der Waals surface area contributed by atoms with E-state index in [-0.39, 0.29) is 12.7 Å². The minimum Gasteiger partial charge on any atom is -0.506 e. The molecule has 1 aliphatic rings. The zero-order valence-electron chi connectivity index (χ0n) is 10.5. The van der Waals surface area contributed by atoms with Gasteiger partial charge >= 0.3 is 0 Å². The van der Waals surface area contributed by atoms with Gasteiger partial charge in [0.2, 0.25) is 0 Å². The molecule has 0 spiro atoms. The highest BCUT2D eigenvalue weighted by Gasteiger charge is 2.23. The summed E-state index contributed by atoms with van der Waals surface area (Å²) >= 11 is 4.26. The summed E-state index contributed by atoms with van der Waals surface area (Å²) in [4.78, 5) is 2.33. The number of nitrogens with one attached hydrogen (secondary N) is 1. The molecule has 1 atom stereocenters. The Bertz CT molecular complexity index is 416. The molecule has 2 rings (SSSR count). The molecule has 0 aliphatic carbocycles. The quantitative estimate of drug-likeness (QED) is 0.638. The fourth-order valence-corrected chi connectivity index (χ4v) is 4.25. The number of hydrogen-bond acceptors (Lipinski definition) is 3. The van der Waals surface area contributed by atoms with Gasteiger partial charge in [-0.3, -0.25) is 9.29 Å². The molecular weight excluding hydrogens is 473 g/mol. The highest BCUT2D eigenvalue weighted by molar-refractivity contribution is 14.1. The third-order valence-corrected chi connectivity index (χ3v) is 5.04. The average molecular weight is 490 g/mol. The summed E-state index contributed by atoms with van der Waals surface area (Å²) in [5.74, 6) is 0.323. The highest BCUT2D eigenvalue weighted by atomic mass is 127. The highest BCUT2D eigenvalue weighted by Crippen LogP contribution is 2.33. The number of phenols is 1. The summed E-state index contributed by atoms with van der Waals surface area (Å²) in [6.07, 6.45) is 0.511. The zero-order valence-corrected chi connectivity index (χ0v) is 14.8. The summed E-state index contributed by atoms with van der Waals surface area (Å²) in [5.41, 5.74) is 1.10. The Labute approximate surface area is 140 Å². The number of alkyl halides is 1. The van der Waals surface area contributed by atoms with Gasteiger partial charge in [0.15, 0.2) is 0 Å². The van der Waals surface area contributed by atoms with Crippen molar-refractivity contribution < 1.29 is 9.50 Å². The van der Waals surface area contributed by atoms with E-state index >= 15 is 0 Å². The van der Waals surface area contributed by atoms with Crippen LogP contribution in [0.15, 0.2) is 12.1 Å². The lowest BCUT2D eigenvalue weighted by Gasteiger charge is -2.35. The zero-order chi connectivity index (χ0) is 13.8. The summed E-state index contributed by atoms with van der Waals surface area (Å²) < 4.78 is 14.5. The molecule has 1 heterocycles. The minimum atomic E-state index is -0.317. The number of aromatic hydroxyl groups is 1. The van der Waals surface area contributed by atoms with Crippen LogP contribution in [0.3, 0.4) is 0 Å². The van der Waals surface area contributed by atoms with Crippen molar-refractivity contribution in [1.82, 2.24) is 10.2 Å². The average Bonchev–Trinajstić information content (AvgIpc) is 2.42. The van der Waals surface area contributed by atoms with Crippen LogP contribution < -0.4 is 5.32 Å². The molecule has 1 aromatic carbocycles. The maximum absolute atomic E-state index is 12.9. The second kappa shape index (κ2) is 7.37. The lowest BCUT2D eigenvalue weighted by Crippen LogP contribution is -2.45. The lowest BCUT2D eigenvalue weighted by atomic mass is 10.0. The molecule has 0 radical (unpaired) electrons. The second-order valence-corrected chi connectivity index (χ2v) is 6.94. The van der Waals surface area contributed by atoms with Crippen LogP contribution in [0.25, 0.3) is 0 Å². The standard InChI is InChI=1S/C13H17FI2N2O/c14-2-1-12(18-5-3-17-4-6-18)9-7-10(15)13(19)11(16)8-9/h7-8,12,17,19H,1-6H2/t12-/m0/s1. The number of piperazine rings is 1. The molecule has 1 fully saturated rings. The van der Waals surface area contributed by atoms with Crippen LogP contribution >= 0.6 is 45.2 Å². The summed E-state index contributed by atoms with van der Waals surface area (Å²) in [6, 6.07) is 4.05. The number of nitrogens with zero attached hydrogens (tertiary/aromatic N) is 1. The Kier molecular flexibility index (Phi) is 6.10. The van der Waals surface area contributed by atoms with Crippen molar-refractivity contribution in [2.24, 2.45) is 0 Å². The van der Waals surface area contributed by atoms with Crippen LogP contribution in [-0.4, -0.2) is 42.9 Å². The third-order valence-electron chi connectivity index (χ3n) is 3.40. The van der Waals surface area contributed by atoms with Gasteiger partial charge in [-0.1, -0.05) is 0 Å². The molecule has 1 aliphatic heterocycles. The van der Waals surface area contributed by atoms with Gasteiger partial charge in [-0.25, -0.2) is 0 Å². The van der Waals surface area contributed by atoms with E-state index in [1.165, 1.54) is 0 Å². The summed E-state index contributed by atoms with van der Waals surface area (Å²) in [7, 11) is 0. The lowest BCUT2D eigenvalue weighted by molar-refractivity contribution is 0.157. The molecule has 0 amide bonds. The Hall–Kier alpha value is 0.330. The molecule has 3 nitrogen and oxygen atoms in total. The predicted octanol–water partition coefficient (Wildman–Crippen LogP) is 2.91.